The highest BCUT2D eigenvalue weighted by atomic mass is 35.5. The van der Waals surface area contributed by atoms with E-state index in [0.717, 1.165) is 11.3 Å². The van der Waals surface area contributed by atoms with Gasteiger partial charge in [-0.05, 0) is 29.8 Å². The van der Waals surface area contributed by atoms with Crippen LogP contribution in [0.4, 0.5) is 0 Å². The fourth-order valence-corrected chi connectivity index (χ4v) is 1.95. The summed E-state index contributed by atoms with van der Waals surface area (Å²) in [5.74, 6) is 0.627. The van der Waals surface area contributed by atoms with E-state index in [-0.39, 0.29) is 5.91 Å². The molecule has 0 N–H and O–H groups in total. The fourth-order valence-electron chi connectivity index (χ4n) is 1.79. The van der Waals surface area contributed by atoms with Gasteiger partial charge >= 0.3 is 0 Å². The smallest absolute Gasteiger partial charge is 0.272 e. The molecule has 0 radical (unpaired) electrons. The number of carbonyl (C=O) groups is 1. The first-order valence-corrected chi connectivity index (χ1v) is 6.48. The van der Waals surface area contributed by atoms with E-state index in [0.29, 0.717) is 17.3 Å². The van der Waals surface area contributed by atoms with Gasteiger partial charge in [0.15, 0.2) is 0 Å². The largest absolute Gasteiger partial charge is 0.497 e. The predicted molar refractivity (Wildman–Crippen MR) is 78.0 cm³/mol. The number of benzene rings is 1. The fraction of sp³-hybridized carbons (Fsp3) is 0.200. The van der Waals surface area contributed by atoms with Crippen molar-refractivity contribution in [1.82, 2.24) is 9.88 Å². The van der Waals surface area contributed by atoms with E-state index in [2.05, 4.69) is 4.98 Å². The standard InChI is InChI=1S/C15H15ClN2O2/c1-18(10-11-3-5-13(20-2)6-4-11)15(19)14-9-12(16)7-8-17-14/h3-9H,10H2,1-2H3. The molecule has 104 valence electrons. The van der Waals surface area contributed by atoms with Crippen LogP contribution < -0.4 is 4.74 Å². The van der Waals surface area contributed by atoms with Crippen LogP contribution in [-0.4, -0.2) is 29.9 Å². The summed E-state index contributed by atoms with van der Waals surface area (Å²) in [6, 6.07) is 10.8. The lowest BCUT2D eigenvalue weighted by atomic mass is 10.2. The van der Waals surface area contributed by atoms with Gasteiger partial charge in [0.1, 0.15) is 11.4 Å². The second-order valence-electron chi connectivity index (χ2n) is 4.37. The van der Waals surface area contributed by atoms with Gasteiger partial charge in [-0.15, -0.1) is 0 Å². The molecule has 2 aromatic rings. The van der Waals surface area contributed by atoms with Crippen molar-refractivity contribution in [2.45, 2.75) is 6.54 Å². The maximum Gasteiger partial charge on any atom is 0.272 e. The van der Waals surface area contributed by atoms with Crippen molar-refractivity contribution in [2.75, 3.05) is 14.2 Å². The number of nitrogens with zero attached hydrogens (tertiary/aromatic N) is 2. The van der Waals surface area contributed by atoms with Crippen molar-refractivity contribution >= 4 is 17.5 Å². The van der Waals surface area contributed by atoms with Gasteiger partial charge in [-0.25, -0.2) is 0 Å². The normalized spacial score (nSPS) is 10.2. The molecule has 0 unspecified atom stereocenters. The molecule has 5 heteroatoms. The Morgan fingerprint density at radius 1 is 1.30 bits per heavy atom. The predicted octanol–water partition coefficient (Wildman–Crippen LogP) is 3.02. The average Bonchev–Trinajstić information content (AvgIpc) is 2.47. The quantitative estimate of drug-likeness (QED) is 0.869. The number of amides is 1. The monoisotopic (exact) mass is 290 g/mol. The molecule has 1 aromatic carbocycles. The third kappa shape index (κ3) is 3.48. The van der Waals surface area contributed by atoms with Crippen LogP contribution in [0.1, 0.15) is 16.1 Å². The number of pyridine rings is 1. The maximum atomic E-state index is 12.2. The number of ether oxygens (including phenoxy) is 1. The number of carbonyl (C=O) groups excluding carboxylic acids is 1. The zero-order chi connectivity index (χ0) is 14.5. The zero-order valence-electron chi connectivity index (χ0n) is 11.3. The molecule has 20 heavy (non-hydrogen) atoms. The highest BCUT2D eigenvalue weighted by molar-refractivity contribution is 6.30. The van der Waals surface area contributed by atoms with Crippen molar-refractivity contribution in [3.63, 3.8) is 0 Å². The summed E-state index contributed by atoms with van der Waals surface area (Å²) in [6.45, 7) is 0.497. The van der Waals surface area contributed by atoms with Gasteiger partial charge in [0.2, 0.25) is 0 Å². The molecule has 0 bridgehead atoms. The molecule has 0 atom stereocenters. The second kappa shape index (κ2) is 6.39. The number of aromatic nitrogens is 1. The Morgan fingerprint density at radius 3 is 2.60 bits per heavy atom. The summed E-state index contributed by atoms with van der Waals surface area (Å²) in [4.78, 5) is 17.8. The Morgan fingerprint density at radius 2 is 2.00 bits per heavy atom. The van der Waals surface area contributed by atoms with E-state index < -0.39 is 0 Å². The van der Waals surface area contributed by atoms with Crippen LogP contribution in [0.25, 0.3) is 0 Å². The SMILES string of the molecule is COc1ccc(CN(C)C(=O)c2cc(Cl)ccn2)cc1. The first kappa shape index (κ1) is 14.3. The van der Waals surface area contributed by atoms with E-state index in [1.807, 2.05) is 24.3 Å². The minimum atomic E-state index is -0.164. The van der Waals surface area contributed by atoms with Crippen LogP contribution in [0.15, 0.2) is 42.6 Å². The Hall–Kier alpha value is -2.07. The van der Waals surface area contributed by atoms with Gasteiger partial charge in [-0.3, -0.25) is 9.78 Å². The molecule has 0 aliphatic carbocycles. The van der Waals surface area contributed by atoms with Gasteiger partial charge in [-0.2, -0.15) is 0 Å². The summed E-state index contributed by atoms with van der Waals surface area (Å²) >= 11 is 5.86. The van der Waals surface area contributed by atoms with E-state index in [4.69, 9.17) is 16.3 Å². The Balaban J connectivity index is 2.07. The number of hydrogen-bond acceptors (Lipinski definition) is 3. The van der Waals surface area contributed by atoms with Crippen molar-refractivity contribution in [2.24, 2.45) is 0 Å². The van der Waals surface area contributed by atoms with Crippen LogP contribution in [-0.2, 0) is 6.54 Å². The minimum Gasteiger partial charge on any atom is -0.497 e. The molecular formula is C15H15ClN2O2. The minimum absolute atomic E-state index is 0.164. The Kier molecular flexibility index (Phi) is 4.58. The molecular weight excluding hydrogens is 276 g/mol. The maximum absolute atomic E-state index is 12.2. The van der Waals surface area contributed by atoms with Gasteiger partial charge in [0.25, 0.3) is 5.91 Å². The third-order valence-corrected chi connectivity index (χ3v) is 3.10. The summed E-state index contributed by atoms with van der Waals surface area (Å²) in [5, 5.41) is 0.501. The zero-order valence-corrected chi connectivity index (χ0v) is 12.1. The molecule has 1 amide bonds. The highest BCUT2D eigenvalue weighted by Crippen LogP contribution is 2.14. The van der Waals surface area contributed by atoms with Gasteiger partial charge in [0, 0.05) is 24.8 Å². The van der Waals surface area contributed by atoms with E-state index in [9.17, 15) is 4.79 Å². The molecule has 1 heterocycles. The molecule has 0 spiro atoms. The number of halogens is 1. The summed E-state index contributed by atoms with van der Waals surface area (Å²) < 4.78 is 5.10. The van der Waals surface area contributed by atoms with Gasteiger partial charge in [0.05, 0.1) is 7.11 Å². The topological polar surface area (TPSA) is 42.4 Å². The van der Waals surface area contributed by atoms with E-state index >= 15 is 0 Å². The lowest BCUT2D eigenvalue weighted by Gasteiger charge is -2.17. The van der Waals surface area contributed by atoms with Crippen molar-refractivity contribution in [3.8, 4) is 5.75 Å². The Bertz CT molecular complexity index is 599. The molecule has 1 aromatic heterocycles. The first-order valence-electron chi connectivity index (χ1n) is 6.10. The first-order chi connectivity index (χ1) is 9.60. The van der Waals surface area contributed by atoms with Crippen LogP contribution in [0.3, 0.4) is 0 Å². The Labute approximate surface area is 123 Å². The number of methoxy groups -OCH3 is 1. The molecule has 0 aliphatic heterocycles. The van der Waals surface area contributed by atoms with Crippen LogP contribution in [0, 0.1) is 0 Å². The second-order valence-corrected chi connectivity index (χ2v) is 4.81. The average molecular weight is 291 g/mol. The molecule has 2 rings (SSSR count). The van der Waals surface area contributed by atoms with Gasteiger partial charge in [-0.1, -0.05) is 23.7 Å². The third-order valence-electron chi connectivity index (χ3n) is 2.87. The van der Waals surface area contributed by atoms with E-state index in [1.54, 1.807) is 31.2 Å². The van der Waals surface area contributed by atoms with Crippen molar-refractivity contribution in [1.29, 1.82) is 0 Å². The van der Waals surface area contributed by atoms with Crippen molar-refractivity contribution in [3.05, 3.63) is 58.9 Å². The van der Waals surface area contributed by atoms with Crippen LogP contribution >= 0.6 is 11.6 Å². The van der Waals surface area contributed by atoms with E-state index in [1.165, 1.54) is 6.20 Å². The molecule has 0 saturated heterocycles. The number of hydrogen-bond donors (Lipinski definition) is 0. The summed E-state index contributed by atoms with van der Waals surface area (Å²) in [6.07, 6.45) is 1.52. The lowest BCUT2D eigenvalue weighted by molar-refractivity contribution is 0.0779. The molecule has 0 fully saturated rings. The van der Waals surface area contributed by atoms with Crippen LogP contribution in [0.5, 0.6) is 5.75 Å². The molecule has 0 aliphatic rings. The lowest BCUT2D eigenvalue weighted by Crippen LogP contribution is -2.26. The number of rotatable bonds is 4. The van der Waals surface area contributed by atoms with Gasteiger partial charge < -0.3 is 9.64 Å². The molecule has 0 saturated carbocycles. The highest BCUT2D eigenvalue weighted by Gasteiger charge is 2.13. The summed E-state index contributed by atoms with van der Waals surface area (Å²) in [5.41, 5.74) is 1.36. The van der Waals surface area contributed by atoms with Crippen molar-refractivity contribution < 1.29 is 9.53 Å². The molecule has 4 nitrogen and oxygen atoms in total. The van der Waals surface area contributed by atoms with Crippen LogP contribution in [0.2, 0.25) is 5.02 Å². The summed E-state index contributed by atoms with van der Waals surface area (Å²) in [7, 11) is 3.35.